The summed E-state index contributed by atoms with van der Waals surface area (Å²) < 4.78 is 30.8. The molecule has 0 unspecified atom stereocenters. The van der Waals surface area contributed by atoms with Crippen LogP contribution in [0.25, 0.3) is 0 Å². The van der Waals surface area contributed by atoms with E-state index >= 15 is 0 Å². The van der Waals surface area contributed by atoms with Gasteiger partial charge in [-0.25, -0.2) is 18.0 Å². The Bertz CT molecular complexity index is 1020. The zero-order valence-corrected chi connectivity index (χ0v) is 18.8. The Morgan fingerprint density at radius 2 is 1.07 bits per heavy atom. The smallest absolute Gasteiger partial charge is 0.452 e. The molecule has 0 radical (unpaired) electrons. The summed E-state index contributed by atoms with van der Waals surface area (Å²) in [6.45, 7) is 3.95. The molecule has 3 aromatic rings. The first-order chi connectivity index (χ1) is 13.7. The summed E-state index contributed by atoms with van der Waals surface area (Å²) in [7, 11) is -4.25. The minimum atomic E-state index is -4.25. The normalized spacial score (nSPS) is 10.6. The van der Waals surface area contributed by atoms with Crippen LogP contribution in [-0.4, -0.2) is 20.6 Å². The maximum absolute atomic E-state index is 12.0. The van der Waals surface area contributed by atoms with Crippen LogP contribution in [-0.2, 0) is 10.1 Å². The third kappa shape index (κ3) is 7.52. The standard InChI is InChI=1S/C16H14IO2.C6H6O3S/c1-11-3-7-13(8-4-11)15(18)17-16(19)14-9-5-12(2)6-10-14;7-10(8,9)6-4-2-1-3-5-6/h3-10H,1-2H3;1-5H,(H,7,8,9)/q+1;/p-1. The summed E-state index contributed by atoms with van der Waals surface area (Å²) >= 11 is -1.16. The number of benzene rings is 3. The molecule has 0 heterocycles. The Labute approximate surface area is 180 Å². The van der Waals surface area contributed by atoms with Crippen LogP contribution in [0.5, 0.6) is 0 Å². The molecule has 0 saturated heterocycles. The quantitative estimate of drug-likeness (QED) is 0.283. The molecule has 0 amide bonds. The molecule has 0 aromatic heterocycles. The topological polar surface area (TPSA) is 91.3 Å². The lowest BCUT2D eigenvalue weighted by molar-refractivity contribution is -0.450. The SMILES string of the molecule is Cc1ccc(C(=O)[I+]C(=O)c2ccc(C)cc2)cc1.O=S(=O)([O-])c1ccccc1. The van der Waals surface area contributed by atoms with Crippen LogP contribution in [0.3, 0.4) is 0 Å². The molecule has 0 aliphatic heterocycles. The fourth-order valence-corrected chi connectivity index (χ4v) is 4.42. The van der Waals surface area contributed by atoms with Crippen molar-refractivity contribution >= 4 is 17.7 Å². The van der Waals surface area contributed by atoms with Gasteiger partial charge in [-0.15, -0.1) is 0 Å². The number of carbonyl (C=O) groups is 2. The van der Waals surface area contributed by atoms with Crippen LogP contribution in [0.15, 0.2) is 83.8 Å². The third-order valence-corrected chi connectivity index (χ3v) is 6.84. The highest BCUT2D eigenvalue weighted by Crippen LogP contribution is 2.05. The van der Waals surface area contributed by atoms with Crippen molar-refractivity contribution in [2.75, 3.05) is 0 Å². The van der Waals surface area contributed by atoms with Gasteiger partial charge in [0.25, 0.3) is 0 Å². The number of aryl methyl sites for hydroxylation is 2. The maximum atomic E-state index is 12.0. The number of carbonyl (C=O) groups excluding carboxylic acids is 2. The number of rotatable bonds is 5. The fraction of sp³-hybridized carbons (Fsp3) is 0.0909. The summed E-state index contributed by atoms with van der Waals surface area (Å²) in [6, 6.07) is 21.9. The summed E-state index contributed by atoms with van der Waals surface area (Å²) in [4.78, 5) is 23.9. The van der Waals surface area contributed by atoms with Gasteiger partial charge in [0.15, 0.2) is 0 Å². The molecular formula is C22H19IO5S. The Morgan fingerprint density at radius 3 is 1.38 bits per heavy atom. The average molecular weight is 522 g/mol. The summed E-state index contributed by atoms with van der Waals surface area (Å²) in [5.41, 5.74) is 3.50. The zero-order valence-electron chi connectivity index (χ0n) is 15.8. The molecular weight excluding hydrogens is 503 g/mol. The lowest BCUT2D eigenvalue weighted by Crippen LogP contribution is -3.67. The molecule has 0 bridgehead atoms. The van der Waals surface area contributed by atoms with Gasteiger partial charge in [-0.2, -0.15) is 0 Å². The predicted molar refractivity (Wildman–Crippen MR) is 105 cm³/mol. The van der Waals surface area contributed by atoms with Crippen LogP contribution in [0.1, 0.15) is 31.8 Å². The van der Waals surface area contributed by atoms with E-state index in [9.17, 15) is 22.6 Å². The molecule has 0 aliphatic carbocycles. The maximum Gasteiger partial charge on any atom is 0.452 e. The first-order valence-corrected chi connectivity index (χ1v) is 12.1. The van der Waals surface area contributed by atoms with E-state index in [1.807, 2.05) is 38.1 Å². The minimum absolute atomic E-state index is 0.0237. The van der Waals surface area contributed by atoms with Crippen LogP contribution >= 0.6 is 0 Å². The van der Waals surface area contributed by atoms with E-state index in [2.05, 4.69) is 0 Å². The molecule has 0 aliphatic rings. The molecule has 0 fully saturated rings. The number of hydrogen-bond donors (Lipinski definition) is 0. The van der Waals surface area contributed by atoms with E-state index in [1.54, 1.807) is 30.3 Å². The van der Waals surface area contributed by atoms with Gasteiger partial charge < -0.3 is 4.55 Å². The van der Waals surface area contributed by atoms with Crippen LogP contribution in [0.4, 0.5) is 0 Å². The zero-order chi connectivity index (χ0) is 21.4. The molecule has 0 saturated carbocycles. The highest BCUT2D eigenvalue weighted by molar-refractivity contribution is 7.85. The number of halogens is 1. The van der Waals surface area contributed by atoms with Crippen molar-refractivity contribution in [1.82, 2.24) is 0 Å². The second-order valence-corrected chi connectivity index (χ2v) is 10.0. The largest absolute Gasteiger partial charge is 0.744 e. The fourth-order valence-electron chi connectivity index (χ4n) is 2.14. The molecule has 3 rings (SSSR count). The van der Waals surface area contributed by atoms with Crippen molar-refractivity contribution in [3.63, 3.8) is 0 Å². The van der Waals surface area contributed by atoms with Crippen LogP contribution in [0.2, 0.25) is 0 Å². The highest BCUT2D eigenvalue weighted by Gasteiger charge is 2.32. The van der Waals surface area contributed by atoms with Gasteiger partial charge in [-0.3, -0.25) is 0 Å². The summed E-state index contributed by atoms with van der Waals surface area (Å²) in [5, 5.41) is 0. The Morgan fingerprint density at radius 1 is 0.690 bits per heavy atom. The molecule has 0 atom stereocenters. The van der Waals surface area contributed by atoms with Crippen LogP contribution < -0.4 is 21.2 Å². The summed E-state index contributed by atoms with van der Waals surface area (Å²) in [5.74, 6) is 0. The van der Waals surface area contributed by atoms with E-state index in [0.717, 1.165) is 11.1 Å². The van der Waals surface area contributed by atoms with Gasteiger partial charge in [0.05, 0.1) is 16.0 Å². The lowest BCUT2D eigenvalue weighted by atomic mass is 10.2. The average Bonchev–Trinajstić information content (AvgIpc) is 2.69. The van der Waals surface area contributed by atoms with Crippen molar-refractivity contribution in [2.45, 2.75) is 18.7 Å². The van der Waals surface area contributed by atoms with Crippen molar-refractivity contribution < 1.29 is 43.8 Å². The van der Waals surface area contributed by atoms with Gasteiger partial charge in [0, 0.05) is 0 Å². The summed E-state index contributed by atoms with van der Waals surface area (Å²) in [6.07, 6.45) is 0. The van der Waals surface area contributed by atoms with Gasteiger partial charge >= 0.3 is 28.8 Å². The second kappa shape index (κ2) is 10.4. The van der Waals surface area contributed by atoms with Gasteiger partial charge in [0.2, 0.25) is 0 Å². The Hall–Kier alpha value is -2.36. The van der Waals surface area contributed by atoms with Gasteiger partial charge in [-0.1, -0.05) is 53.6 Å². The molecule has 0 spiro atoms. The van der Waals surface area contributed by atoms with Crippen LogP contribution in [0, 0.1) is 13.8 Å². The lowest BCUT2D eigenvalue weighted by Gasteiger charge is -2.04. The number of hydrogen-bond acceptors (Lipinski definition) is 5. The van der Waals surface area contributed by atoms with E-state index in [1.165, 1.54) is 24.3 Å². The molecule has 5 nitrogen and oxygen atoms in total. The van der Waals surface area contributed by atoms with E-state index in [4.69, 9.17) is 0 Å². The van der Waals surface area contributed by atoms with Gasteiger partial charge in [0.1, 0.15) is 10.1 Å². The molecule has 0 N–H and O–H groups in total. The molecule has 150 valence electrons. The van der Waals surface area contributed by atoms with Crippen molar-refractivity contribution in [3.8, 4) is 0 Å². The third-order valence-electron chi connectivity index (χ3n) is 3.76. The minimum Gasteiger partial charge on any atom is -0.744 e. The monoisotopic (exact) mass is 522 g/mol. The van der Waals surface area contributed by atoms with E-state index in [0.29, 0.717) is 11.1 Å². The van der Waals surface area contributed by atoms with Crippen molar-refractivity contribution in [1.29, 1.82) is 0 Å². The molecule has 3 aromatic carbocycles. The van der Waals surface area contributed by atoms with Crippen molar-refractivity contribution in [3.05, 3.63) is 101 Å². The first-order valence-electron chi connectivity index (χ1n) is 8.54. The second-order valence-electron chi connectivity index (χ2n) is 6.14. The van der Waals surface area contributed by atoms with Crippen molar-refractivity contribution in [2.24, 2.45) is 0 Å². The van der Waals surface area contributed by atoms with Gasteiger partial charge in [-0.05, 0) is 50.2 Å². The van der Waals surface area contributed by atoms with E-state index in [-0.39, 0.29) is 12.5 Å². The first kappa shape index (κ1) is 22.9. The predicted octanol–water partition coefficient (Wildman–Crippen LogP) is 0.964. The highest BCUT2D eigenvalue weighted by atomic mass is 127. The molecule has 29 heavy (non-hydrogen) atoms. The Kier molecular flexibility index (Phi) is 8.24. The van der Waals surface area contributed by atoms with E-state index < -0.39 is 31.3 Å². The molecule has 7 heteroatoms. The Balaban J connectivity index is 0.000000253.